The fraction of sp³-hybridized carbons (Fsp3) is 0.750. The van der Waals surface area contributed by atoms with E-state index in [0.29, 0.717) is 13.0 Å². The SMILES string of the molecule is CC(=O)CCNC(=O)NCC(C)O. The van der Waals surface area contributed by atoms with Crippen molar-refractivity contribution in [1.82, 2.24) is 10.6 Å². The predicted octanol–water partition coefficient (Wildman–Crippen LogP) is -0.354. The van der Waals surface area contributed by atoms with E-state index in [4.69, 9.17) is 5.11 Å². The molecule has 13 heavy (non-hydrogen) atoms. The molecule has 0 aliphatic rings. The summed E-state index contributed by atoms with van der Waals surface area (Å²) < 4.78 is 0. The Balaban J connectivity index is 3.35. The highest BCUT2D eigenvalue weighted by Crippen LogP contribution is 1.79. The van der Waals surface area contributed by atoms with Crippen LogP contribution >= 0.6 is 0 Å². The molecule has 0 rings (SSSR count). The van der Waals surface area contributed by atoms with Gasteiger partial charge in [0.05, 0.1) is 6.10 Å². The zero-order valence-corrected chi connectivity index (χ0v) is 7.96. The van der Waals surface area contributed by atoms with Crippen molar-refractivity contribution in [2.75, 3.05) is 13.1 Å². The molecule has 2 amide bonds. The van der Waals surface area contributed by atoms with E-state index in [-0.39, 0.29) is 18.4 Å². The van der Waals surface area contributed by atoms with Crippen LogP contribution in [0.1, 0.15) is 20.3 Å². The first-order valence-electron chi connectivity index (χ1n) is 4.21. The van der Waals surface area contributed by atoms with Gasteiger partial charge in [0, 0.05) is 19.5 Å². The Bertz CT molecular complexity index is 180. The highest BCUT2D eigenvalue weighted by atomic mass is 16.3. The monoisotopic (exact) mass is 188 g/mol. The first kappa shape index (κ1) is 11.9. The molecule has 0 aliphatic carbocycles. The minimum Gasteiger partial charge on any atom is -0.392 e. The van der Waals surface area contributed by atoms with Crippen LogP contribution in [0.4, 0.5) is 4.79 Å². The van der Waals surface area contributed by atoms with Crippen molar-refractivity contribution in [2.45, 2.75) is 26.4 Å². The summed E-state index contributed by atoms with van der Waals surface area (Å²) in [6.45, 7) is 3.60. The van der Waals surface area contributed by atoms with Crippen molar-refractivity contribution in [1.29, 1.82) is 0 Å². The second-order valence-electron chi connectivity index (χ2n) is 2.94. The first-order valence-corrected chi connectivity index (χ1v) is 4.21. The van der Waals surface area contributed by atoms with Gasteiger partial charge in [-0.25, -0.2) is 4.79 Å². The highest BCUT2D eigenvalue weighted by molar-refractivity contribution is 5.77. The van der Waals surface area contributed by atoms with Gasteiger partial charge >= 0.3 is 6.03 Å². The molecule has 5 heteroatoms. The summed E-state index contributed by atoms with van der Waals surface area (Å²) in [5.74, 6) is 0.0378. The molecule has 0 radical (unpaired) electrons. The average molecular weight is 188 g/mol. The van der Waals surface area contributed by atoms with Crippen molar-refractivity contribution < 1.29 is 14.7 Å². The average Bonchev–Trinajstić information content (AvgIpc) is 2.00. The van der Waals surface area contributed by atoms with Crippen LogP contribution in [0.5, 0.6) is 0 Å². The fourth-order valence-electron chi connectivity index (χ4n) is 0.655. The molecular formula is C8H16N2O3. The molecule has 0 aliphatic heterocycles. The van der Waals surface area contributed by atoms with Crippen LogP contribution < -0.4 is 10.6 Å². The van der Waals surface area contributed by atoms with Crippen LogP contribution in [0, 0.1) is 0 Å². The van der Waals surface area contributed by atoms with Crippen molar-refractivity contribution >= 4 is 11.8 Å². The number of carbonyl (C=O) groups is 2. The van der Waals surface area contributed by atoms with E-state index in [9.17, 15) is 9.59 Å². The molecule has 0 aromatic rings. The summed E-state index contributed by atoms with van der Waals surface area (Å²) in [5.41, 5.74) is 0. The molecule has 0 aromatic heterocycles. The fourth-order valence-corrected chi connectivity index (χ4v) is 0.655. The largest absolute Gasteiger partial charge is 0.392 e. The molecule has 0 spiro atoms. The number of hydrogen-bond acceptors (Lipinski definition) is 3. The number of nitrogens with one attached hydrogen (secondary N) is 2. The molecule has 0 saturated carbocycles. The summed E-state index contributed by atoms with van der Waals surface area (Å²) in [6.07, 6.45) is -0.221. The number of hydrogen-bond donors (Lipinski definition) is 3. The summed E-state index contributed by atoms with van der Waals surface area (Å²) >= 11 is 0. The maximum Gasteiger partial charge on any atom is 0.314 e. The van der Waals surface area contributed by atoms with Gasteiger partial charge in [-0.15, -0.1) is 0 Å². The molecule has 5 nitrogen and oxygen atoms in total. The van der Waals surface area contributed by atoms with Crippen LogP contribution in [0.3, 0.4) is 0 Å². The number of aliphatic hydroxyl groups excluding tert-OH is 1. The Hall–Kier alpha value is -1.10. The molecular weight excluding hydrogens is 172 g/mol. The number of urea groups is 1. The van der Waals surface area contributed by atoms with Gasteiger partial charge in [0.25, 0.3) is 0 Å². The van der Waals surface area contributed by atoms with Crippen molar-refractivity contribution in [3.63, 3.8) is 0 Å². The zero-order valence-electron chi connectivity index (χ0n) is 7.96. The quantitative estimate of drug-likeness (QED) is 0.551. The summed E-state index contributed by atoms with van der Waals surface area (Å²) in [5, 5.41) is 13.8. The number of rotatable bonds is 5. The number of Topliss-reactive ketones (excluding diaryl/α,β-unsaturated/α-hetero) is 1. The maximum absolute atomic E-state index is 10.9. The number of amides is 2. The zero-order chi connectivity index (χ0) is 10.3. The lowest BCUT2D eigenvalue weighted by Crippen LogP contribution is -2.39. The van der Waals surface area contributed by atoms with Gasteiger partial charge in [-0.2, -0.15) is 0 Å². The van der Waals surface area contributed by atoms with Gasteiger partial charge in [0.15, 0.2) is 0 Å². The Morgan fingerprint density at radius 1 is 1.38 bits per heavy atom. The van der Waals surface area contributed by atoms with Crippen LogP contribution in [-0.2, 0) is 4.79 Å². The lowest BCUT2D eigenvalue weighted by molar-refractivity contribution is -0.116. The smallest absolute Gasteiger partial charge is 0.314 e. The summed E-state index contributed by atoms with van der Waals surface area (Å²) in [4.78, 5) is 21.4. The van der Waals surface area contributed by atoms with Gasteiger partial charge in [-0.05, 0) is 13.8 Å². The lowest BCUT2D eigenvalue weighted by Gasteiger charge is -2.07. The minimum absolute atomic E-state index is 0.0378. The van der Waals surface area contributed by atoms with Crippen molar-refractivity contribution in [3.8, 4) is 0 Å². The van der Waals surface area contributed by atoms with E-state index in [1.807, 2.05) is 0 Å². The molecule has 76 valence electrons. The van der Waals surface area contributed by atoms with E-state index in [1.54, 1.807) is 6.92 Å². The number of ketones is 1. The molecule has 0 bridgehead atoms. The second-order valence-corrected chi connectivity index (χ2v) is 2.94. The highest BCUT2D eigenvalue weighted by Gasteiger charge is 2.01. The lowest BCUT2D eigenvalue weighted by atomic mass is 10.3. The maximum atomic E-state index is 10.9. The van der Waals surface area contributed by atoms with E-state index in [0.717, 1.165) is 0 Å². The Morgan fingerprint density at radius 2 is 2.00 bits per heavy atom. The third kappa shape index (κ3) is 8.81. The van der Waals surface area contributed by atoms with Crippen LogP contribution in [-0.4, -0.2) is 36.1 Å². The summed E-state index contributed by atoms with van der Waals surface area (Å²) in [6, 6.07) is -0.359. The van der Waals surface area contributed by atoms with Gasteiger partial charge in [0.1, 0.15) is 5.78 Å². The van der Waals surface area contributed by atoms with Gasteiger partial charge in [-0.3, -0.25) is 4.79 Å². The van der Waals surface area contributed by atoms with E-state index in [2.05, 4.69) is 10.6 Å². The van der Waals surface area contributed by atoms with Crippen LogP contribution in [0.15, 0.2) is 0 Å². The molecule has 0 fully saturated rings. The van der Waals surface area contributed by atoms with Gasteiger partial charge in [-0.1, -0.05) is 0 Å². The van der Waals surface area contributed by atoms with E-state index < -0.39 is 6.10 Å². The normalized spacial score (nSPS) is 11.9. The standard InChI is InChI=1S/C8H16N2O3/c1-6(11)3-4-9-8(13)10-5-7(2)12/h7,12H,3-5H2,1-2H3,(H2,9,10,13). The van der Waals surface area contributed by atoms with Crippen molar-refractivity contribution in [2.24, 2.45) is 0 Å². The molecule has 3 N–H and O–H groups in total. The molecule has 1 unspecified atom stereocenters. The topological polar surface area (TPSA) is 78.4 Å². The third-order valence-electron chi connectivity index (χ3n) is 1.32. The summed E-state index contributed by atoms with van der Waals surface area (Å²) in [7, 11) is 0. The number of aliphatic hydroxyl groups is 1. The molecule has 0 heterocycles. The molecule has 0 aromatic carbocycles. The minimum atomic E-state index is -0.557. The van der Waals surface area contributed by atoms with Gasteiger partial charge in [0.2, 0.25) is 0 Å². The van der Waals surface area contributed by atoms with E-state index >= 15 is 0 Å². The Morgan fingerprint density at radius 3 is 2.46 bits per heavy atom. The van der Waals surface area contributed by atoms with Crippen molar-refractivity contribution in [3.05, 3.63) is 0 Å². The second kappa shape index (κ2) is 6.42. The molecule has 0 saturated heterocycles. The van der Waals surface area contributed by atoms with Crippen LogP contribution in [0.2, 0.25) is 0 Å². The van der Waals surface area contributed by atoms with Gasteiger partial charge < -0.3 is 15.7 Å². The molecule has 1 atom stereocenters. The van der Waals surface area contributed by atoms with E-state index in [1.165, 1.54) is 6.92 Å². The number of carbonyl (C=O) groups excluding carboxylic acids is 2. The first-order chi connectivity index (χ1) is 6.02. The van der Waals surface area contributed by atoms with Crippen LogP contribution in [0.25, 0.3) is 0 Å². The Labute approximate surface area is 77.5 Å². The predicted molar refractivity (Wildman–Crippen MR) is 48.4 cm³/mol. The Kier molecular flexibility index (Phi) is 5.88. The third-order valence-corrected chi connectivity index (χ3v) is 1.32.